The van der Waals surface area contributed by atoms with Gasteiger partial charge in [-0.05, 0) is 12.5 Å². The first-order valence-electron chi connectivity index (χ1n) is 6.49. The molecule has 0 aromatic heterocycles. The lowest BCUT2D eigenvalue weighted by atomic mass is 10.1. The van der Waals surface area contributed by atoms with E-state index >= 15 is 0 Å². The first kappa shape index (κ1) is 16.6. The third-order valence-corrected chi connectivity index (χ3v) is 3.39. The van der Waals surface area contributed by atoms with Gasteiger partial charge in [0.25, 0.3) is 0 Å². The average molecular weight is 283 g/mol. The van der Waals surface area contributed by atoms with E-state index in [1.807, 2.05) is 12.3 Å². The van der Waals surface area contributed by atoms with Gasteiger partial charge in [-0.25, -0.2) is 10.0 Å². The molecule has 0 unspecified atom stereocenters. The summed E-state index contributed by atoms with van der Waals surface area (Å²) in [5.41, 5.74) is 5.63. The lowest BCUT2D eigenvalue weighted by molar-refractivity contribution is -0.128. The molecule has 0 bridgehead atoms. The zero-order chi connectivity index (χ0) is 13.7. The Labute approximate surface area is 120 Å². The molecule has 0 radical (unpaired) electrons. The summed E-state index contributed by atoms with van der Waals surface area (Å²) < 4.78 is 11.3. The third-order valence-electron chi connectivity index (χ3n) is 3.39. The minimum absolute atomic E-state index is 0. The molecule has 2 heterocycles. The number of hydrogen-bond donors (Lipinski definition) is 2. The van der Waals surface area contributed by atoms with E-state index in [1.165, 1.54) is 0 Å². The SMILES string of the molecule is C=CCO[C@@H]1CN(N2C=CC(N)=NC2)CC[C@@H]1OC.N. The Balaban J connectivity index is 0.00000200. The van der Waals surface area contributed by atoms with Crippen molar-refractivity contribution in [1.82, 2.24) is 16.2 Å². The molecule has 0 amide bonds. The van der Waals surface area contributed by atoms with Gasteiger partial charge < -0.3 is 21.4 Å². The second kappa shape index (κ2) is 8.01. The van der Waals surface area contributed by atoms with Crippen molar-refractivity contribution < 1.29 is 9.47 Å². The number of hydrazine groups is 1. The van der Waals surface area contributed by atoms with Crippen molar-refractivity contribution in [2.75, 3.05) is 33.5 Å². The molecule has 1 saturated heterocycles. The zero-order valence-electron chi connectivity index (χ0n) is 12.1. The molecule has 1 fully saturated rings. The molecule has 2 atom stereocenters. The Morgan fingerprint density at radius 1 is 1.55 bits per heavy atom. The summed E-state index contributed by atoms with van der Waals surface area (Å²) in [6.07, 6.45) is 6.65. The highest BCUT2D eigenvalue weighted by Gasteiger charge is 2.32. The Hall–Kier alpha value is -1.41. The van der Waals surface area contributed by atoms with Crippen LogP contribution < -0.4 is 11.9 Å². The van der Waals surface area contributed by atoms with Gasteiger partial charge in [-0.1, -0.05) is 6.08 Å². The highest BCUT2D eigenvalue weighted by atomic mass is 16.5. The normalized spacial score (nSPS) is 26.9. The second-order valence-corrected chi connectivity index (χ2v) is 4.62. The summed E-state index contributed by atoms with van der Waals surface area (Å²) in [5.74, 6) is 0.572. The Bertz CT molecular complexity index is 372. The smallest absolute Gasteiger partial charge is 0.126 e. The van der Waals surface area contributed by atoms with Gasteiger partial charge in [0.2, 0.25) is 0 Å². The quantitative estimate of drug-likeness (QED) is 0.713. The highest BCUT2D eigenvalue weighted by molar-refractivity contribution is 5.91. The van der Waals surface area contributed by atoms with E-state index in [1.54, 1.807) is 13.2 Å². The molecule has 2 aliphatic heterocycles. The van der Waals surface area contributed by atoms with E-state index < -0.39 is 0 Å². The number of ether oxygens (including phenoxy) is 2. The van der Waals surface area contributed by atoms with E-state index in [-0.39, 0.29) is 18.4 Å². The van der Waals surface area contributed by atoms with Crippen molar-refractivity contribution in [3.8, 4) is 0 Å². The van der Waals surface area contributed by atoms with Crippen molar-refractivity contribution >= 4 is 5.84 Å². The lowest BCUT2D eigenvalue weighted by Crippen LogP contribution is -2.54. The third kappa shape index (κ3) is 4.04. The lowest BCUT2D eigenvalue weighted by Gasteiger charge is -2.42. The molecule has 0 saturated carbocycles. The number of methoxy groups -OCH3 is 1. The number of amidine groups is 1. The van der Waals surface area contributed by atoms with Crippen LogP contribution in [0.4, 0.5) is 0 Å². The number of nitrogens with two attached hydrogens (primary N) is 1. The van der Waals surface area contributed by atoms with Crippen LogP contribution in [0, 0.1) is 0 Å². The first-order valence-corrected chi connectivity index (χ1v) is 6.49. The molecule has 0 aromatic carbocycles. The summed E-state index contributed by atoms with van der Waals surface area (Å²) >= 11 is 0. The van der Waals surface area contributed by atoms with Crippen molar-refractivity contribution in [3.63, 3.8) is 0 Å². The molecule has 5 N–H and O–H groups in total. The number of rotatable bonds is 5. The van der Waals surface area contributed by atoms with Crippen LogP contribution in [0.3, 0.4) is 0 Å². The zero-order valence-corrected chi connectivity index (χ0v) is 12.1. The van der Waals surface area contributed by atoms with E-state index in [9.17, 15) is 0 Å². The molecular weight excluding hydrogens is 258 g/mol. The van der Waals surface area contributed by atoms with Crippen LogP contribution in [0.2, 0.25) is 0 Å². The number of aliphatic imine (C=N–C) groups is 1. The monoisotopic (exact) mass is 283 g/mol. The molecule has 0 aromatic rings. The van der Waals surface area contributed by atoms with Crippen LogP contribution in [-0.2, 0) is 9.47 Å². The molecule has 7 nitrogen and oxygen atoms in total. The topological polar surface area (TPSA) is 98.3 Å². The maximum atomic E-state index is 5.78. The predicted octanol–water partition coefficient (Wildman–Crippen LogP) is 0.499. The van der Waals surface area contributed by atoms with Crippen molar-refractivity contribution in [1.29, 1.82) is 0 Å². The Kier molecular flexibility index (Phi) is 6.66. The fraction of sp³-hybridized carbons (Fsp3) is 0.615. The van der Waals surface area contributed by atoms with Gasteiger partial charge in [0.05, 0.1) is 18.8 Å². The second-order valence-electron chi connectivity index (χ2n) is 4.62. The molecule has 2 rings (SSSR count). The van der Waals surface area contributed by atoms with Crippen LogP contribution in [-0.4, -0.2) is 61.5 Å². The summed E-state index contributed by atoms with van der Waals surface area (Å²) in [7, 11) is 1.73. The van der Waals surface area contributed by atoms with Gasteiger partial charge in [0, 0.05) is 26.4 Å². The molecular formula is C13H25N5O2. The molecule has 7 heteroatoms. The number of nitrogens with zero attached hydrogens (tertiary/aromatic N) is 3. The minimum atomic E-state index is 0. The van der Waals surface area contributed by atoms with Crippen LogP contribution in [0.25, 0.3) is 0 Å². The van der Waals surface area contributed by atoms with Crippen LogP contribution in [0.5, 0.6) is 0 Å². The molecule has 0 spiro atoms. The van der Waals surface area contributed by atoms with Crippen LogP contribution in [0.1, 0.15) is 6.42 Å². The van der Waals surface area contributed by atoms with Crippen molar-refractivity contribution in [3.05, 3.63) is 24.9 Å². The van der Waals surface area contributed by atoms with E-state index in [0.29, 0.717) is 19.1 Å². The fourth-order valence-electron chi connectivity index (χ4n) is 2.33. The standard InChI is InChI=1S/C13H22N4O2.H3N/c1-3-8-19-12-9-16(6-4-11(12)18-2)17-7-5-13(14)15-10-17;/h3,5,7,11-12H,1,4,6,8-10H2,2H3,(H2,14,15);1H3/t11-,12+;/m0./s1. The van der Waals surface area contributed by atoms with Gasteiger partial charge in [0.15, 0.2) is 0 Å². The summed E-state index contributed by atoms with van der Waals surface area (Å²) in [5, 5.41) is 4.28. The molecule has 114 valence electrons. The molecule has 0 aliphatic carbocycles. The fourth-order valence-corrected chi connectivity index (χ4v) is 2.33. The Morgan fingerprint density at radius 2 is 2.35 bits per heavy atom. The summed E-state index contributed by atoms with van der Waals surface area (Å²) in [4.78, 5) is 4.22. The maximum absolute atomic E-state index is 5.78. The summed E-state index contributed by atoms with van der Waals surface area (Å²) in [6, 6.07) is 0. The van der Waals surface area contributed by atoms with Gasteiger partial charge in [-0.3, -0.25) is 5.01 Å². The van der Waals surface area contributed by atoms with Gasteiger partial charge in [0.1, 0.15) is 12.5 Å². The van der Waals surface area contributed by atoms with Gasteiger partial charge in [-0.15, -0.1) is 6.58 Å². The van der Waals surface area contributed by atoms with Gasteiger partial charge >= 0.3 is 0 Å². The first-order chi connectivity index (χ1) is 9.24. The average Bonchev–Trinajstić information content (AvgIpc) is 2.45. The predicted molar refractivity (Wildman–Crippen MR) is 79.4 cm³/mol. The van der Waals surface area contributed by atoms with Crippen LogP contribution in [0.15, 0.2) is 29.9 Å². The Morgan fingerprint density at radius 3 is 2.95 bits per heavy atom. The van der Waals surface area contributed by atoms with Crippen molar-refractivity contribution in [2.24, 2.45) is 10.7 Å². The minimum Gasteiger partial charge on any atom is -0.384 e. The maximum Gasteiger partial charge on any atom is 0.126 e. The molecule has 2 aliphatic rings. The van der Waals surface area contributed by atoms with Gasteiger partial charge in [-0.2, -0.15) is 0 Å². The molecule has 20 heavy (non-hydrogen) atoms. The number of piperidine rings is 1. The van der Waals surface area contributed by atoms with Crippen molar-refractivity contribution in [2.45, 2.75) is 18.6 Å². The van der Waals surface area contributed by atoms with Crippen LogP contribution >= 0.6 is 0 Å². The van der Waals surface area contributed by atoms with E-state index in [4.69, 9.17) is 15.2 Å². The summed E-state index contributed by atoms with van der Waals surface area (Å²) in [6.45, 7) is 6.49. The highest BCUT2D eigenvalue weighted by Crippen LogP contribution is 2.19. The number of hydrogen-bond acceptors (Lipinski definition) is 7. The van der Waals surface area contributed by atoms with E-state index in [0.717, 1.165) is 19.5 Å². The largest absolute Gasteiger partial charge is 0.384 e. The van der Waals surface area contributed by atoms with E-state index in [2.05, 4.69) is 21.6 Å².